The van der Waals surface area contributed by atoms with E-state index in [1.807, 2.05) is 19.2 Å². The molecule has 0 aliphatic heterocycles. The third-order valence-electron chi connectivity index (χ3n) is 1.66. The zero-order chi connectivity index (χ0) is 12.7. The van der Waals surface area contributed by atoms with Crippen LogP contribution in [0.4, 0.5) is 0 Å². The van der Waals surface area contributed by atoms with E-state index in [-0.39, 0.29) is 5.91 Å². The second kappa shape index (κ2) is 7.29. The van der Waals surface area contributed by atoms with Gasteiger partial charge in [-0.25, -0.2) is 15.4 Å². The topological polar surface area (TPSA) is 67.2 Å². The Labute approximate surface area is 109 Å². The lowest BCUT2D eigenvalue weighted by Gasteiger charge is -2.03. The predicted molar refractivity (Wildman–Crippen MR) is 71.6 cm³/mol. The number of hydrogen-bond acceptors (Lipinski definition) is 6. The smallest absolute Gasteiger partial charge is 0.250 e. The third-order valence-corrected chi connectivity index (χ3v) is 3.12. The Morgan fingerprint density at radius 1 is 1.59 bits per heavy atom. The monoisotopic (exact) mass is 270 g/mol. The summed E-state index contributed by atoms with van der Waals surface area (Å²) in [5.41, 5.74) is 3.31. The predicted octanol–water partition coefficient (Wildman–Crippen LogP) is 1.72. The standard InChI is InChI=1S/C10H14N4OS2/c1-4-11-14-8(15)6-17-9-5-7(2)12-10(13-9)16-3/h4-5H,6H2,1-3H3,(H,14,15). The molecule has 1 N–H and O–H groups in total. The van der Waals surface area contributed by atoms with Gasteiger partial charge in [-0.05, 0) is 26.2 Å². The van der Waals surface area contributed by atoms with Crippen LogP contribution in [0, 0.1) is 6.92 Å². The van der Waals surface area contributed by atoms with Crippen molar-refractivity contribution in [3.63, 3.8) is 0 Å². The number of thioether (sulfide) groups is 2. The van der Waals surface area contributed by atoms with E-state index in [2.05, 4.69) is 20.5 Å². The highest BCUT2D eigenvalue weighted by molar-refractivity contribution is 8.00. The molecule has 0 aromatic carbocycles. The number of amides is 1. The lowest BCUT2D eigenvalue weighted by molar-refractivity contribution is -0.118. The van der Waals surface area contributed by atoms with Gasteiger partial charge in [0.1, 0.15) is 5.03 Å². The molecule has 0 spiro atoms. The summed E-state index contributed by atoms with van der Waals surface area (Å²) in [7, 11) is 0. The Balaban J connectivity index is 2.56. The molecule has 0 bridgehead atoms. The van der Waals surface area contributed by atoms with Crippen LogP contribution in [-0.2, 0) is 4.79 Å². The van der Waals surface area contributed by atoms with Crippen molar-refractivity contribution in [3.8, 4) is 0 Å². The van der Waals surface area contributed by atoms with E-state index in [0.29, 0.717) is 5.75 Å². The molecule has 92 valence electrons. The summed E-state index contributed by atoms with van der Waals surface area (Å²) in [5, 5.41) is 5.19. The summed E-state index contributed by atoms with van der Waals surface area (Å²) in [6.45, 7) is 3.65. The fraction of sp³-hybridized carbons (Fsp3) is 0.400. The zero-order valence-corrected chi connectivity index (χ0v) is 11.6. The molecule has 7 heteroatoms. The van der Waals surface area contributed by atoms with Crippen LogP contribution in [0.25, 0.3) is 0 Å². The lowest BCUT2D eigenvalue weighted by atomic mass is 10.5. The normalized spacial score (nSPS) is 10.8. The highest BCUT2D eigenvalue weighted by Crippen LogP contribution is 2.19. The summed E-state index contributed by atoms with van der Waals surface area (Å²) >= 11 is 2.86. The summed E-state index contributed by atoms with van der Waals surface area (Å²) in [6, 6.07) is 1.86. The second-order valence-electron chi connectivity index (χ2n) is 3.05. The van der Waals surface area contributed by atoms with Crippen LogP contribution >= 0.6 is 23.5 Å². The van der Waals surface area contributed by atoms with Gasteiger partial charge in [-0.2, -0.15) is 5.10 Å². The van der Waals surface area contributed by atoms with E-state index in [1.165, 1.54) is 29.7 Å². The molecule has 0 aliphatic rings. The van der Waals surface area contributed by atoms with Gasteiger partial charge in [0, 0.05) is 11.9 Å². The number of nitrogens with zero attached hydrogens (tertiary/aromatic N) is 3. The first-order valence-electron chi connectivity index (χ1n) is 4.94. The van der Waals surface area contributed by atoms with Gasteiger partial charge >= 0.3 is 0 Å². The second-order valence-corrected chi connectivity index (χ2v) is 4.81. The number of rotatable bonds is 5. The minimum Gasteiger partial charge on any atom is -0.272 e. The average molecular weight is 270 g/mol. The molecule has 0 unspecified atom stereocenters. The molecule has 0 saturated heterocycles. The molecule has 1 aromatic rings. The average Bonchev–Trinajstić information content (AvgIpc) is 2.33. The van der Waals surface area contributed by atoms with Gasteiger partial charge in [0.2, 0.25) is 5.91 Å². The van der Waals surface area contributed by atoms with E-state index in [4.69, 9.17) is 0 Å². The number of aryl methyl sites for hydroxylation is 1. The molecule has 5 nitrogen and oxygen atoms in total. The van der Waals surface area contributed by atoms with Crippen molar-refractivity contribution in [2.24, 2.45) is 5.10 Å². The summed E-state index contributed by atoms with van der Waals surface area (Å²) in [6.07, 6.45) is 3.45. The molecule has 0 fully saturated rings. The van der Waals surface area contributed by atoms with Crippen LogP contribution in [0.1, 0.15) is 12.6 Å². The lowest BCUT2D eigenvalue weighted by Crippen LogP contribution is -2.19. The number of hydrogen-bond donors (Lipinski definition) is 1. The SMILES string of the molecule is CC=NNC(=O)CSc1cc(C)nc(SC)n1. The first-order chi connectivity index (χ1) is 8.15. The largest absolute Gasteiger partial charge is 0.272 e. The molecule has 0 aliphatic carbocycles. The Morgan fingerprint density at radius 2 is 2.35 bits per heavy atom. The van der Waals surface area contributed by atoms with Crippen molar-refractivity contribution in [2.75, 3.05) is 12.0 Å². The van der Waals surface area contributed by atoms with Crippen LogP contribution in [0.2, 0.25) is 0 Å². The van der Waals surface area contributed by atoms with Crippen LogP contribution in [0.15, 0.2) is 21.4 Å². The summed E-state index contributed by atoms with van der Waals surface area (Å²) < 4.78 is 0. The van der Waals surface area contributed by atoms with Crippen molar-refractivity contribution >= 4 is 35.6 Å². The molecular formula is C10H14N4OS2. The van der Waals surface area contributed by atoms with Gasteiger partial charge in [-0.3, -0.25) is 4.79 Å². The highest BCUT2D eigenvalue weighted by Gasteiger charge is 2.05. The van der Waals surface area contributed by atoms with Gasteiger partial charge < -0.3 is 0 Å². The number of aromatic nitrogens is 2. The quantitative estimate of drug-likeness (QED) is 0.290. The number of carbonyl (C=O) groups is 1. The van der Waals surface area contributed by atoms with Crippen LogP contribution in [0.3, 0.4) is 0 Å². The van der Waals surface area contributed by atoms with Crippen molar-refractivity contribution in [1.82, 2.24) is 15.4 Å². The van der Waals surface area contributed by atoms with Gasteiger partial charge in [-0.1, -0.05) is 23.5 Å². The van der Waals surface area contributed by atoms with Crippen LogP contribution in [-0.4, -0.2) is 34.1 Å². The Kier molecular flexibility index (Phi) is 5.99. The van der Waals surface area contributed by atoms with Crippen LogP contribution < -0.4 is 5.43 Å². The molecule has 1 rings (SSSR count). The van der Waals surface area contributed by atoms with Crippen LogP contribution in [0.5, 0.6) is 0 Å². The molecule has 0 radical (unpaired) electrons. The van der Waals surface area contributed by atoms with E-state index >= 15 is 0 Å². The van der Waals surface area contributed by atoms with Gasteiger partial charge in [0.15, 0.2) is 5.16 Å². The van der Waals surface area contributed by atoms with Crippen molar-refractivity contribution in [1.29, 1.82) is 0 Å². The minimum atomic E-state index is -0.143. The maximum atomic E-state index is 11.3. The fourth-order valence-electron chi connectivity index (χ4n) is 0.987. The first-order valence-corrected chi connectivity index (χ1v) is 7.15. The van der Waals surface area contributed by atoms with E-state index < -0.39 is 0 Å². The molecule has 0 atom stereocenters. The molecule has 1 heterocycles. The molecule has 1 amide bonds. The molecule has 0 saturated carbocycles. The Bertz CT molecular complexity index is 423. The van der Waals surface area contributed by atoms with E-state index in [9.17, 15) is 4.79 Å². The maximum absolute atomic E-state index is 11.3. The summed E-state index contributed by atoms with van der Waals surface area (Å²) in [5.74, 6) is 0.150. The maximum Gasteiger partial charge on any atom is 0.250 e. The minimum absolute atomic E-state index is 0.143. The molecule has 1 aromatic heterocycles. The number of hydrazone groups is 1. The van der Waals surface area contributed by atoms with Crippen molar-refractivity contribution in [2.45, 2.75) is 24.0 Å². The van der Waals surface area contributed by atoms with E-state index in [1.54, 1.807) is 6.92 Å². The fourth-order valence-corrected chi connectivity index (χ4v) is 2.22. The van der Waals surface area contributed by atoms with Crippen molar-refractivity contribution < 1.29 is 4.79 Å². The first kappa shape index (κ1) is 14.0. The van der Waals surface area contributed by atoms with Gasteiger partial charge in [0.25, 0.3) is 0 Å². The molecule has 17 heavy (non-hydrogen) atoms. The number of carbonyl (C=O) groups excluding carboxylic acids is 1. The zero-order valence-electron chi connectivity index (χ0n) is 9.93. The highest BCUT2D eigenvalue weighted by atomic mass is 32.2. The Hall–Kier alpha value is -1.08. The van der Waals surface area contributed by atoms with Crippen molar-refractivity contribution in [3.05, 3.63) is 11.8 Å². The number of nitrogens with one attached hydrogen (secondary N) is 1. The Morgan fingerprint density at radius 3 is 3.00 bits per heavy atom. The molecular weight excluding hydrogens is 256 g/mol. The summed E-state index contributed by atoms with van der Waals surface area (Å²) in [4.78, 5) is 19.9. The van der Waals surface area contributed by atoms with Gasteiger partial charge in [0.05, 0.1) is 5.75 Å². The van der Waals surface area contributed by atoms with E-state index in [0.717, 1.165) is 15.9 Å². The third kappa shape index (κ3) is 5.18. The van der Waals surface area contributed by atoms with Gasteiger partial charge in [-0.15, -0.1) is 0 Å².